The first-order valence-corrected chi connectivity index (χ1v) is 13.6. The van der Waals surface area contributed by atoms with Gasteiger partial charge in [-0.2, -0.15) is 5.06 Å². The predicted octanol–water partition coefficient (Wildman–Crippen LogP) is 4.28. The van der Waals surface area contributed by atoms with Crippen LogP contribution in [0.1, 0.15) is 45.1 Å². The van der Waals surface area contributed by atoms with Gasteiger partial charge in [0.2, 0.25) is 0 Å². The van der Waals surface area contributed by atoms with E-state index in [4.69, 9.17) is 16.4 Å². The van der Waals surface area contributed by atoms with Crippen molar-refractivity contribution in [3.8, 4) is 0 Å². The van der Waals surface area contributed by atoms with Crippen LogP contribution in [0.2, 0.25) is 5.02 Å². The van der Waals surface area contributed by atoms with Gasteiger partial charge in [0.05, 0.1) is 12.6 Å². The minimum Gasteiger partial charge on any atom is -0.390 e. The number of Topliss-reactive ketones (excluding diaryl/α,β-unsaturated/α-hetero) is 1. The summed E-state index contributed by atoms with van der Waals surface area (Å²) in [6.07, 6.45) is 0.989. The number of aliphatic hydroxyl groups is 2. The number of rotatable bonds is 4. The van der Waals surface area contributed by atoms with Gasteiger partial charge in [-0.1, -0.05) is 42.8 Å². The lowest BCUT2D eigenvalue weighted by molar-refractivity contribution is -0.267. The van der Waals surface area contributed by atoms with E-state index in [1.54, 1.807) is 18.1 Å². The number of fused-ring (bicyclic) bond motifs is 7. The monoisotopic (exact) mass is 547 g/mol. The summed E-state index contributed by atoms with van der Waals surface area (Å²) < 4.78 is 33.0. The molecule has 0 aromatic heterocycles. The number of hydrogen-bond acceptors (Lipinski definition) is 6. The fourth-order valence-electron chi connectivity index (χ4n) is 8.82. The lowest BCUT2D eigenvalue weighted by atomic mass is 9.45. The predicted molar refractivity (Wildman–Crippen MR) is 135 cm³/mol. The third-order valence-corrected chi connectivity index (χ3v) is 10.9. The van der Waals surface area contributed by atoms with Crippen molar-refractivity contribution in [2.45, 2.75) is 63.4 Å². The van der Waals surface area contributed by atoms with E-state index in [-0.39, 0.29) is 36.5 Å². The molecule has 6 nitrogen and oxygen atoms in total. The van der Waals surface area contributed by atoms with E-state index in [1.165, 1.54) is 12.2 Å². The Kier molecular flexibility index (Phi) is 5.88. The van der Waals surface area contributed by atoms with Gasteiger partial charge in [-0.3, -0.25) is 14.4 Å². The number of alkyl halides is 1. The molecule has 3 fully saturated rings. The van der Waals surface area contributed by atoms with Crippen LogP contribution in [0.5, 0.6) is 0 Å². The van der Waals surface area contributed by atoms with Gasteiger partial charge in [-0.25, -0.2) is 8.78 Å². The van der Waals surface area contributed by atoms with Crippen molar-refractivity contribution in [2.75, 3.05) is 13.2 Å². The van der Waals surface area contributed by atoms with Gasteiger partial charge in [-0.05, 0) is 49.0 Å². The number of aliphatic hydroxyl groups excluding tert-OH is 2. The second-order valence-electron chi connectivity index (χ2n) is 12.1. The zero-order chi connectivity index (χ0) is 27.3. The molecule has 4 aliphatic carbocycles. The Labute approximate surface area is 225 Å². The van der Waals surface area contributed by atoms with Gasteiger partial charge >= 0.3 is 0 Å². The molecule has 1 saturated heterocycles. The summed E-state index contributed by atoms with van der Waals surface area (Å²) in [4.78, 5) is 32.1. The molecule has 0 radical (unpaired) electrons. The molecule has 0 amide bonds. The van der Waals surface area contributed by atoms with E-state index in [9.17, 15) is 19.8 Å². The number of carbonyl (C=O) groups is 2. The van der Waals surface area contributed by atoms with Gasteiger partial charge in [0.1, 0.15) is 12.4 Å². The first-order chi connectivity index (χ1) is 17.9. The summed E-state index contributed by atoms with van der Waals surface area (Å²) in [7, 11) is 0. The zero-order valence-electron chi connectivity index (χ0n) is 21.4. The molecule has 204 valence electrons. The Morgan fingerprint density at radius 3 is 2.71 bits per heavy atom. The molecule has 8 atom stereocenters. The van der Waals surface area contributed by atoms with Crippen molar-refractivity contribution in [1.29, 1.82) is 0 Å². The highest BCUT2D eigenvalue weighted by Gasteiger charge is 2.79. The van der Waals surface area contributed by atoms with E-state index in [1.807, 2.05) is 25.1 Å². The summed E-state index contributed by atoms with van der Waals surface area (Å²) >= 11 is 6.36. The molecule has 2 N–H and O–H groups in total. The maximum absolute atomic E-state index is 17.4. The minimum atomic E-state index is -2.22. The standard InChI is InChI=1S/C29H32ClF2NO5/c1-26-8-7-18(35)10-21(26)23(31)11-20-19-9-17-14-33(13-16-5-3-4-6-22(16)30)38-29(17,25(37)15-34)27(19,2)12-24(36)28(20,26)32/h3-8,17,19-20,24,34,36H,9-15H2,1-2H3/t17-,19-,20-,24-,26-,27-,28-,29-/m0/s1. The van der Waals surface area contributed by atoms with Crippen LogP contribution in [0, 0.1) is 28.6 Å². The number of hydroxylamine groups is 2. The Morgan fingerprint density at radius 1 is 1.26 bits per heavy atom. The molecule has 0 spiro atoms. The second kappa shape index (κ2) is 8.51. The maximum atomic E-state index is 17.4. The molecular weight excluding hydrogens is 516 g/mol. The summed E-state index contributed by atoms with van der Waals surface area (Å²) in [6.45, 7) is 3.28. The molecule has 6 rings (SSSR count). The van der Waals surface area contributed by atoms with E-state index >= 15 is 8.78 Å². The average molecular weight is 548 g/mol. The van der Waals surface area contributed by atoms with Gasteiger partial charge < -0.3 is 10.2 Å². The van der Waals surface area contributed by atoms with Crippen LogP contribution in [0.3, 0.4) is 0 Å². The van der Waals surface area contributed by atoms with E-state index in [2.05, 4.69) is 0 Å². The van der Waals surface area contributed by atoms with Gasteiger partial charge in [-0.15, -0.1) is 0 Å². The molecule has 5 aliphatic rings. The molecule has 1 aromatic rings. The smallest absolute Gasteiger partial charge is 0.192 e. The third-order valence-electron chi connectivity index (χ3n) is 10.6. The first kappa shape index (κ1) is 26.3. The van der Waals surface area contributed by atoms with Crippen LogP contribution in [-0.4, -0.2) is 57.4 Å². The zero-order valence-corrected chi connectivity index (χ0v) is 22.2. The molecular formula is C29H32ClF2NO5. The highest BCUT2D eigenvalue weighted by molar-refractivity contribution is 6.31. The second-order valence-corrected chi connectivity index (χ2v) is 12.5. The largest absolute Gasteiger partial charge is 0.390 e. The number of halogens is 3. The molecule has 0 bridgehead atoms. The fourth-order valence-corrected chi connectivity index (χ4v) is 9.02. The van der Waals surface area contributed by atoms with Crippen LogP contribution in [0.15, 0.2) is 47.8 Å². The van der Waals surface area contributed by atoms with Crippen molar-refractivity contribution in [2.24, 2.45) is 28.6 Å². The Hall–Kier alpha value is -1.97. The van der Waals surface area contributed by atoms with Crippen LogP contribution >= 0.6 is 11.6 Å². The Bertz CT molecular complexity index is 1290. The number of hydrogen-bond donors (Lipinski definition) is 2. The summed E-state index contributed by atoms with van der Waals surface area (Å²) in [5, 5.41) is 23.8. The molecule has 38 heavy (non-hydrogen) atoms. The summed E-state index contributed by atoms with van der Waals surface area (Å²) in [5.41, 5.74) is -5.33. The Balaban J connectivity index is 1.41. The fraction of sp³-hybridized carbons (Fsp3) is 0.586. The van der Waals surface area contributed by atoms with Crippen molar-refractivity contribution in [3.63, 3.8) is 0 Å². The molecule has 2 saturated carbocycles. The summed E-state index contributed by atoms with van der Waals surface area (Å²) in [6, 6.07) is 7.31. The topological polar surface area (TPSA) is 87.1 Å². The molecule has 9 heteroatoms. The summed E-state index contributed by atoms with van der Waals surface area (Å²) in [5.74, 6) is -3.14. The number of ketones is 2. The highest BCUT2D eigenvalue weighted by atomic mass is 35.5. The normalized spacial score (nSPS) is 44.0. The SMILES string of the molecule is C[C@]12C=CC(=O)CC1=C(F)C[C@H]1[C@@H]3C[C@H]4CN(Cc5ccccc5Cl)O[C@@]4(C(=O)CO)[C@@]3(C)C[C@H](O)[C@@]12F. The molecule has 1 aromatic carbocycles. The number of carbonyl (C=O) groups excluding carboxylic acids is 2. The van der Waals surface area contributed by atoms with Crippen LogP contribution in [0.4, 0.5) is 8.78 Å². The van der Waals surface area contributed by atoms with Gasteiger partial charge in [0, 0.05) is 47.1 Å². The Morgan fingerprint density at radius 2 is 2.00 bits per heavy atom. The quantitative estimate of drug-likeness (QED) is 0.585. The van der Waals surface area contributed by atoms with E-state index < -0.39 is 58.3 Å². The molecule has 1 aliphatic heterocycles. The molecule has 0 unspecified atom stereocenters. The number of benzene rings is 1. The minimum absolute atomic E-state index is 0.0981. The van der Waals surface area contributed by atoms with Gasteiger partial charge in [0.15, 0.2) is 22.8 Å². The van der Waals surface area contributed by atoms with Crippen LogP contribution in [0.25, 0.3) is 0 Å². The van der Waals surface area contributed by atoms with Gasteiger partial charge in [0.25, 0.3) is 0 Å². The lowest BCUT2D eigenvalue weighted by Gasteiger charge is -2.62. The first-order valence-electron chi connectivity index (χ1n) is 13.2. The maximum Gasteiger partial charge on any atom is 0.192 e. The number of nitrogens with zero attached hydrogens (tertiary/aromatic N) is 1. The third kappa shape index (κ3) is 3.12. The van der Waals surface area contributed by atoms with E-state index in [0.29, 0.717) is 24.5 Å². The van der Waals surface area contributed by atoms with Crippen molar-refractivity contribution in [3.05, 3.63) is 58.4 Å². The lowest BCUT2D eigenvalue weighted by Crippen LogP contribution is -2.69. The average Bonchev–Trinajstić information content (AvgIpc) is 3.35. The number of allylic oxidation sites excluding steroid dienone is 4. The van der Waals surface area contributed by atoms with E-state index in [0.717, 1.165) is 5.56 Å². The highest BCUT2D eigenvalue weighted by Crippen LogP contribution is 2.72. The molecule has 1 heterocycles. The van der Waals surface area contributed by atoms with Crippen molar-refractivity contribution in [1.82, 2.24) is 5.06 Å². The van der Waals surface area contributed by atoms with Crippen molar-refractivity contribution >= 4 is 23.2 Å². The van der Waals surface area contributed by atoms with Crippen LogP contribution < -0.4 is 0 Å². The van der Waals surface area contributed by atoms with Crippen LogP contribution in [-0.2, 0) is 21.0 Å². The van der Waals surface area contributed by atoms with Crippen molar-refractivity contribution < 1.29 is 33.4 Å².